The quantitative estimate of drug-likeness (QED) is 0.717. The Kier molecular flexibility index (Phi) is 6.44. The van der Waals surface area contributed by atoms with Gasteiger partial charge in [-0.3, -0.25) is 4.79 Å². The van der Waals surface area contributed by atoms with E-state index >= 15 is 0 Å². The highest BCUT2D eigenvalue weighted by Crippen LogP contribution is 2.29. The summed E-state index contributed by atoms with van der Waals surface area (Å²) in [5.74, 6) is -1.89. The molecule has 1 aliphatic heterocycles. The molecule has 30 heavy (non-hydrogen) atoms. The van der Waals surface area contributed by atoms with Crippen molar-refractivity contribution in [2.24, 2.45) is 0 Å². The molecule has 1 aliphatic rings. The van der Waals surface area contributed by atoms with E-state index in [9.17, 15) is 30.8 Å². The Morgan fingerprint density at radius 2 is 1.80 bits per heavy atom. The van der Waals surface area contributed by atoms with E-state index in [0.29, 0.717) is 0 Å². The number of morpholine rings is 1. The molecule has 6 nitrogen and oxygen atoms in total. The minimum absolute atomic E-state index is 0.136. The van der Waals surface area contributed by atoms with Crippen molar-refractivity contribution in [1.29, 1.82) is 0 Å². The predicted molar refractivity (Wildman–Crippen MR) is 98.6 cm³/mol. The van der Waals surface area contributed by atoms with Gasteiger partial charge in [-0.25, -0.2) is 12.8 Å². The second kappa shape index (κ2) is 8.70. The zero-order valence-corrected chi connectivity index (χ0v) is 16.4. The first kappa shape index (κ1) is 22.2. The third-order valence-corrected chi connectivity index (χ3v) is 6.39. The number of benzene rings is 2. The monoisotopic (exact) mass is 446 g/mol. The third kappa shape index (κ3) is 4.97. The van der Waals surface area contributed by atoms with Gasteiger partial charge in [0.2, 0.25) is 10.0 Å². The summed E-state index contributed by atoms with van der Waals surface area (Å²) in [5, 5.41) is 2.32. The lowest BCUT2D eigenvalue weighted by Crippen LogP contribution is -2.40. The number of halogens is 4. The number of sulfonamides is 1. The third-order valence-electron chi connectivity index (χ3n) is 4.50. The van der Waals surface area contributed by atoms with Gasteiger partial charge >= 0.3 is 6.18 Å². The minimum Gasteiger partial charge on any atom is -0.379 e. The maximum absolute atomic E-state index is 14.2. The van der Waals surface area contributed by atoms with Crippen LogP contribution >= 0.6 is 0 Å². The Morgan fingerprint density at radius 3 is 2.47 bits per heavy atom. The Hall–Kier alpha value is -2.50. The minimum atomic E-state index is -4.53. The topological polar surface area (TPSA) is 75.7 Å². The molecule has 0 saturated carbocycles. The summed E-state index contributed by atoms with van der Waals surface area (Å²) >= 11 is 0. The predicted octanol–water partition coefficient (Wildman–Crippen LogP) is 2.80. The molecule has 0 atom stereocenters. The van der Waals surface area contributed by atoms with Crippen molar-refractivity contribution in [3.05, 3.63) is 65.0 Å². The van der Waals surface area contributed by atoms with Gasteiger partial charge in [-0.15, -0.1) is 0 Å². The Balaban J connectivity index is 1.77. The number of amides is 1. The van der Waals surface area contributed by atoms with Crippen LogP contribution in [-0.2, 0) is 27.5 Å². The van der Waals surface area contributed by atoms with Gasteiger partial charge in [-0.05, 0) is 35.9 Å². The van der Waals surface area contributed by atoms with Crippen molar-refractivity contribution in [3.63, 3.8) is 0 Å². The molecule has 162 valence electrons. The fourth-order valence-electron chi connectivity index (χ4n) is 2.91. The lowest BCUT2D eigenvalue weighted by atomic mass is 10.1. The molecular formula is C19H18F4N2O4S. The van der Waals surface area contributed by atoms with Crippen LogP contribution in [0.15, 0.2) is 47.4 Å². The van der Waals surface area contributed by atoms with Gasteiger partial charge in [-0.2, -0.15) is 17.5 Å². The molecular weight excluding hydrogens is 428 g/mol. The molecule has 1 N–H and O–H groups in total. The van der Waals surface area contributed by atoms with Gasteiger partial charge in [0, 0.05) is 19.6 Å². The average Bonchev–Trinajstić information content (AvgIpc) is 2.72. The molecule has 1 fully saturated rings. The molecule has 1 heterocycles. The molecule has 0 unspecified atom stereocenters. The number of rotatable bonds is 5. The van der Waals surface area contributed by atoms with Crippen molar-refractivity contribution in [2.45, 2.75) is 17.6 Å². The number of carbonyl (C=O) groups excluding carboxylic acids is 1. The van der Waals surface area contributed by atoms with E-state index in [2.05, 4.69) is 5.32 Å². The van der Waals surface area contributed by atoms with Crippen LogP contribution < -0.4 is 5.32 Å². The van der Waals surface area contributed by atoms with Gasteiger partial charge in [0.25, 0.3) is 5.91 Å². The van der Waals surface area contributed by atoms with Gasteiger partial charge in [0.15, 0.2) is 0 Å². The Morgan fingerprint density at radius 1 is 1.10 bits per heavy atom. The highest BCUT2D eigenvalue weighted by atomic mass is 32.2. The summed E-state index contributed by atoms with van der Waals surface area (Å²) in [7, 11) is -3.94. The normalized spacial score (nSPS) is 15.7. The largest absolute Gasteiger partial charge is 0.416 e. The summed E-state index contributed by atoms with van der Waals surface area (Å²) < 4.78 is 84.2. The summed E-state index contributed by atoms with van der Waals surface area (Å²) in [5.41, 5.74) is -1.23. The van der Waals surface area contributed by atoms with Crippen molar-refractivity contribution in [3.8, 4) is 0 Å². The Bertz CT molecular complexity index is 1040. The summed E-state index contributed by atoms with van der Waals surface area (Å²) in [6.45, 7) is 0.436. The second-order valence-electron chi connectivity index (χ2n) is 6.54. The number of hydrogen-bond acceptors (Lipinski definition) is 4. The fraction of sp³-hybridized carbons (Fsp3) is 0.316. The molecule has 2 aromatic rings. The van der Waals surface area contributed by atoms with Crippen LogP contribution in [-0.4, -0.2) is 44.9 Å². The van der Waals surface area contributed by atoms with Crippen molar-refractivity contribution in [2.75, 3.05) is 26.3 Å². The highest BCUT2D eigenvalue weighted by Gasteiger charge is 2.30. The van der Waals surface area contributed by atoms with E-state index < -0.39 is 39.1 Å². The molecule has 0 bridgehead atoms. The standard InChI is InChI=1S/C19H18F4N2O4S/c20-17-5-4-15(30(27,28)25-6-8-29-9-7-25)11-16(17)18(26)24-12-13-2-1-3-14(10-13)19(21,22)23/h1-5,10-11H,6-9,12H2,(H,24,26). The van der Waals surface area contributed by atoms with Gasteiger partial charge in [0.1, 0.15) is 5.82 Å². The smallest absolute Gasteiger partial charge is 0.379 e. The van der Waals surface area contributed by atoms with E-state index in [1.54, 1.807) is 0 Å². The molecule has 3 rings (SSSR count). The first-order chi connectivity index (χ1) is 14.1. The molecule has 2 aromatic carbocycles. The van der Waals surface area contributed by atoms with Crippen LogP contribution in [0.1, 0.15) is 21.5 Å². The van der Waals surface area contributed by atoms with Crippen LogP contribution in [0.4, 0.5) is 17.6 Å². The lowest BCUT2D eigenvalue weighted by molar-refractivity contribution is -0.137. The van der Waals surface area contributed by atoms with Crippen molar-refractivity contribution >= 4 is 15.9 Å². The molecule has 0 spiro atoms. The molecule has 11 heteroatoms. The fourth-order valence-corrected chi connectivity index (χ4v) is 4.34. The lowest BCUT2D eigenvalue weighted by Gasteiger charge is -2.26. The van der Waals surface area contributed by atoms with E-state index in [-0.39, 0.29) is 43.3 Å². The van der Waals surface area contributed by atoms with Crippen LogP contribution in [0.3, 0.4) is 0 Å². The number of nitrogens with one attached hydrogen (secondary N) is 1. The van der Waals surface area contributed by atoms with Crippen LogP contribution in [0.5, 0.6) is 0 Å². The second-order valence-corrected chi connectivity index (χ2v) is 8.48. The van der Waals surface area contributed by atoms with E-state index in [4.69, 9.17) is 4.74 Å². The van der Waals surface area contributed by atoms with Gasteiger partial charge in [-0.1, -0.05) is 12.1 Å². The summed E-state index contributed by atoms with van der Waals surface area (Å²) in [4.78, 5) is 12.1. The van der Waals surface area contributed by atoms with E-state index in [0.717, 1.165) is 30.3 Å². The molecule has 0 aromatic heterocycles. The summed E-state index contributed by atoms with van der Waals surface area (Å²) in [6, 6.07) is 7.18. The van der Waals surface area contributed by atoms with Gasteiger partial charge in [0.05, 0.1) is 29.2 Å². The average molecular weight is 446 g/mol. The van der Waals surface area contributed by atoms with Crippen molar-refractivity contribution < 1.29 is 35.5 Å². The van der Waals surface area contributed by atoms with E-state index in [1.807, 2.05) is 0 Å². The van der Waals surface area contributed by atoms with Crippen molar-refractivity contribution in [1.82, 2.24) is 9.62 Å². The number of ether oxygens (including phenoxy) is 1. The van der Waals surface area contributed by atoms with Gasteiger partial charge < -0.3 is 10.1 Å². The number of nitrogens with zero attached hydrogens (tertiary/aromatic N) is 1. The maximum atomic E-state index is 14.2. The molecule has 1 saturated heterocycles. The zero-order valence-electron chi connectivity index (χ0n) is 15.6. The van der Waals surface area contributed by atoms with Crippen LogP contribution in [0.25, 0.3) is 0 Å². The summed E-state index contributed by atoms with van der Waals surface area (Å²) in [6.07, 6.45) is -4.53. The highest BCUT2D eigenvalue weighted by molar-refractivity contribution is 7.89. The molecule has 0 aliphatic carbocycles. The van der Waals surface area contributed by atoms with Crippen LogP contribution in [0, 0.1) is 5.82 Å². The number of hydrogen-bond donors (Lipinski definition) is 1. The maximum Gasteiger partial charge on any atom is 0.416 e. The first-order valence-electron chi connectivity index (χ1n) is 8.91. The number of carbonyl (C=O) groups is 1. The van der Waals surface area contributed by atoms with Crippen LogP contribution in [0.2, 0.25) is 0 Å². The van der Waals surface area contributed by atoms with E-state index in [1.165, 1.54) is 16.4 Å². The zero-order chi connectivity index (χ0) is 21.9. The molecule has 1 amide bonds. The molecule has 0 radical (unpaired) electrons. The SMILES string of the molecule is O=C(NCc1cccc(C(F)(F)F)c1)c1cc(S(=O)(=O)N2CCOCC2)ccc1F. The number of alkyl halides is 3. The first-order valence-corrected chi connectivity index (χ1v) is 10.3. The Labute approximate surface area is 170 Å².